The fourth-order valence-electron chi connectivity index (χ4n) is 0.666. The number of phenols is 1. The third-order valence-corrected chi connectivity index (χ3v) is 1.13. The summed E-state index contributed by atoms with van der Waals surface area (Å²) in [5.74, 6) is -1.19. The van der Waals surface area contributed by atoms with Crippen LogP contribution in [0.2, 0.25) is 0 Å². The first-order valence-electron chi connectivity index (χ1n) is 2.91. The van der Waals surface area contributed by atoms with Gasteiger partial charge < -0.3 is 9.84 Å². The topological polar surface area (TPSA) is 29.5 Å². The maximum absolute atomic E-state index is 12.6. The molecule has 60 valence electrons. The summed E-state index contributed by atoms with van der Waals surface area (Å²) in [6.45, 7) is -1.08. The second kappa shape index (κ2) is 3.18. The molecule has 11 heavy (non-hydrogen) atoms. The van der Waals surface area contributed by atoms with Gasteiger partial charge in [-0.2, -0.15) is 0 Å². The Labute approximate surface area is 62.0 Å². The maximum atomic E-state index is 12.6. The van der Waals surface area contributed by atoms with Crippen LogP contribution in [0.4, 0.5) is 8.78 Å². The van der Waals surface area contributed by atoms with Crippen molar-refractivity contribution in [3.8, 4) is 11.5 Å². The van der Waals surface area contributed by atoms with E-state index in [2.05, 4.69) is 4.74 Å². The van der Waals surface area contributed by atoms with Gasteiger partial charge in [0, 0.05) is 6.07 Å². The smallest absolute Gasteiger partial charge is 0.228 e. The maximum Gasteiger partial charge on any atom is 0.228 e. The van der Waals surface area contributed by atoms with Crippen LogP contribution in [0.25, 0.3) is 0 Å². The van der Waals surface area contributed by atoms with Gasteiger partial charge in [0.2, 0.25) is 6.86 Å². The minimum atomic E-state index is -1.08. The summed E-state index contributed by atoms with van der Waals surface area (Å²) in [5, 5.41) is 8.72. The van der Waals surface area contributed by atoms with Crippen LogP contribution in [0.1, 0.15) is 0 Å². The van der Waals surface area contributed by atoms with Crippen LogP contribution in [0.3, 0.4) is 0 Å². The molecule has 1 aromatic carbocycles. The average Bonchev–Trinajstić information content (AvgIpc) is 1.95. The van der Waals surface area contributed by atoms with E-state index in [1.165, 1.54) is 6.07 Å². The van der Waals surface area contributed by atoms with Gasteiger partial charge in [0.25, 0.3) is 0 Å². The number of halogens is 2. The molecule has 2 nitrogen and oxygen atoms in total. The molecule has 1 N–H and O–H groups in total. The van der Waals surface area contributed by atoms with Crippen molar-refractivity contribution in [3.63, 3.8) is 0 Å². The van der Waals surface area contributed by atoms with Gasteiger partial charge in [-0.25, -0.2) is 8.78 Å². The van der Waals surface area contributed by atoms with Crippen LogP contribution in [0.5, 0.6) is 11.5 Å². The van der Waals surface area contributed by atoms with E-state index < -0.39 is 12.7 Å². The van der Waals surface area contributed by atoms with Crippen LogP contribution in [-0.4, -0.2) is 12.0 Å². The monoisotopic (exact) mass is 160 g/mol. The lowest BCUT2D eigenvalue weighted by Gasteiger charge is -2.01. The molecular weight excluding hydrogens is 154 g/mol. The second-order valence-electron chi connectivity index (χ2n) is 1.87. The molecule has 0 aliphatic heterocycles. The molecule has 0 saturated carbocycles. The number of benzene rings is 1. The highest BCUT2D eigenvalue weighted by atomic mass is 19.1. The molecule has 0 unspecified atom stereocenters. The molecule has 1 aromatic rings. The Hall–Kier alpha value is -1.32. The molecule has 1 rings (SSSR count). The third kappa shape index (κ3) is 1.80. The molecule has 0 aliphatic rings. The Kier molecular flexibility index (Phi) is 2.25. The Morgan fingerprint density at radius 2 is 2.18 bits per heavy atom. The first kappa shape index (κ1) is 7.78. The zero-order valence-electron chi connectivity index (χ0n) is 5.55. The first-order chi connectivity index (χ1) is 5.24. The van der Waals surface area contributed by atoms with Crippen LogP contribution >= 0.6 is 0 Å². The van der Waals surface area contributed by atoms with E-state index in [9.17, 15) is 8.78 Å². The van der Waals surface area contributed by atoms with Crippen molar-refractivity contribution in [2.45, 2.75) is 0 Å². The van der Waals surface area contributed by atoms with Crippen molar-refractivity contribution < 1.29 is 18.6 Å². The highest BCUT2D eigenvalue weighted by molar-refractivity contribution is 5.31. The van der Waals surface area contributed by atoms with Gasteiger partial charge in [-0.15, -0.1) is 0 Å². The van der Waals surface area contributed by atoms with Crippen molar-refractivity contribution >= 4 is 0 Å². The summed E-state index contributed by atoms with van der Waals surface area (Å²) >= 11 is 0. The zero-order chi connectivity index (χ0) is 8.27. The van der Waals surface area contributed by atoms with E-state index in [1.54, 1.807) is 0 Å². The van der Waals surface area contributed by atoms with E-state index in [1.807, 2.05) is 0 Å². The standard InChI is InChI=1S/C7H6F2O2/c8-4-11-7-2-1-5(10)3-6(7)9/h1-3,10H,4H2. The molecule has 0 amide bonds. The second-order valence-corrected chi connectivity index (χ2v) is 1.87. The molecule has 0 atom stereocenters. The zero-order valence-corrected chi connectivity index (χ0v) is 5.55. The molecule has 0 aliphatic carbocycles. The van der Waals surface area contributed by atoms with Crippen molar-refractivity contribution in [2.75, 3.05) is 6.86 Å². The fraction of sp³-hybridized carbons (Fsp3) is 0.143. The Balaban J connectivity index is 2.90. The van der Waals surface area contributed by atoms with Gasteiger partial charge >= 0.3 is 0 Å². The normalized spacial score (nSPS) is 9.64. The Morgan fingerprint density at radius 3 is 2.73 bits per heavy atom. The van der Waals surface area contributed by atoms with Crippen LogP contribution in [-0.2, 0) is 0 Å². The number of rotatable bonds is 2. The lowest BCUT2D eigenvalue weighted by atomic mass is 10.3. The van der Waals surface area contributed by atoms with Gasteiger partial charge in [-0.3, -0.25) is 0 Å². The summed E-state index contributed by atoms with van der Waals surface area (Å²) in [6.07, 6.45) is 0. The van der Waals surface area contributed by atoms with Crippen LogP contribution in [0.15, 0.2) is 18.2 Å². The third-order valence-electron chi connectivity index (χ3n) is 1.13. The van der Waals surface area contributed by atoms with Crippen molar-refractivity contribution in [2.24, 2.45) is 0 Å². The molecule has 0 spiro atoms. The van der Waals surface area contributed by atoms with E-state index in [0.29, 0.717) is 0 Å². The van der Waals surface area contributed by atoms with Gasteiger partial charge in [0.15, 0.2) is 11.6 Å². The minimum absolute atomic E-state index is 0.203. The molecule has 0 fully saturated rings. The van der Waals surface area contributed by atoms with Gasteiger partial charge in [0.1, 0.15) is 5.75 Å². The number of aromatic hydroxyl groups is 1. The quantitative estimate of drug-likeness (QED) is 0.715. The molecule has 0 radical (unpaired) electrons. The summed E-state index contributed by atoms with van der Waals surface area (Å²) in [5.41, 5.74) is 0. The van der Waals surface area contributed by atoms with E-state index in [0.717, 1.165) is 12.1 Å². The van der Waals surface area contributed by atoms with Gasteiger partial charge in [-0.1, -0.05) is 0 Å². The molecule has 0 bridgehead atoms. The van der Waals surface area contributed by atoms with Crippen molar-refractivity contribution in [3.05, 3.63) is 24.0 Å². The molecule has 0 saturated heterocycles. The summed E-state index contributed by atoms with van der Waals surface area (Å²) in [6, 6.07) is 3.23. The van der Waals surface area contributed by atoms with Crippen LogP contribution in [0, 0.1) is 5.82 Å². The SMILES string of the molecule is Oc1ccc(OCF)c(F)c1. The molecule has 0 heterocycles. The molecular formula is C7H6F2O2. The lowest BCUT2D eigenvalue weighted by Crippen LogP contribution is -1.92. The predicted octanol–water partition coefficient (Wildman–Crippen LogP) is 1.84. The van der Waals surface area contributed by atoms with E-state index in [4.69, 9.17) is 5.11 Å². The number of alkyl halides is 1. The largest absolute Gasteiger partial charge is 0.508 e. The molecule has 0 aromatic heterocycles. The average molecular weight is 160 g/mol. The predicted molar refractivity (Wildman–Crippen MR) is 34.7 cm³/mol. The number of hydrogen-bond donors (Lipinski definition) is 1. The lowest BCUT2D eigenvalue weighted by molar-refractivity contribution is 0.184. The van der Waals surface area contributed by atoms with Crippen LogP contribution < -0.4 is 4.74 Å². The van der Waals surface area contributed by atoms with Gasteiger partial charge in [0.05, 0.1) is 0 Å². The highest BCUT2D eigenvalue weighted by Crippen LogP contribution is 2.21. The number of phenolic OH excluding ortho intramolecular Hbond substituents is 1. The summed E-state index contributed by atoms with van der Waals surface area (Å²) < 4.78 is 28.3. The van der Waals surface area contributed by atoms with E-state index in [-0.39, 0.29) is 11.5 Å². The summed E-state index contributed by atoms with van der Waals surface area (Å²) in [4.78, 5) is 0. The highest BCUT2D eigenvalue weighted by Gasteiger charge is 2.02. The van der Waals surface area contributed by atoms with E-state index >= 15 is 0 Å². The fourth-order valence-corrected chi connectivity index (χ4v) is 0.666. The Morgan fingerprint density at radius 1 is 1.45 bits per heavy atom. The van der Waals surface area contributed by atoms with Crippen molar-refractivity contribution in [1.29, 1.82) is 0 Å². The minimum Gasteiger partial charge on any atom is -0.508 e. The van der Waals surface area contributed by atoms with Gasteiger partial charge in [-0.05, 0) is 12.1 Å². The first-order valence-corrected chi connectivity index (χ1v) is 2.91. The Bertz CT molecular complexity index is 250. The van der Waals surface area contributed by atoms with Crippen molar-refractivity contribution in [1.82, 2.24) is 0 Å². The molecule has 4 heteroatoms. The summed E-state index contributed by atoms with van der Waals surface area (Å²) in [7, 11) is 0. The number of ether oxygens (including phenoxy) is 1. The number of hydrogen-bond acceptors (Lipinski definition) is 2.